The maximum atomic E-state index is 9.97. The lowest BCUT2D eigenvalue weighted by atomic mass is 10.1. The average Bonchev–Trinajstić information content (AvgIpc) is 3.29. The van der Waals surface area contributed by atoms with Crippen LogP contribution in [0.2, 0.25) is 0 Å². The third kappa shape index (κ3) is 4.46. The highest BCUT2D eigenvalue weighted by Gasteiger charge is 2.09. The Labute approximate surface area is 166 Å². The molecule has 0 radical (unpaired) electrons. The largest absolute Gasteiger partial charge is 0.497 e. The molecule has 0 spiro atoms. The molecule has 0 aliphatic rings. The van der Waals surface area contributed by atoms with Crippen molar-refractivity contribution in [2.45, 2.75) is 6.42 Å². The highest BCUT2D eigenvalue weighted by Crippen LogP contribution is 2.25. The fraction of sp³-hybridized carbons (Fsp3) is 0.150. The average molecular weight is 389 g/mol. The van der Waals surface area contributed by atoms with E-state index in [0.717, 1.165) is 23.3 Å². The summed E-state index contributed by atoms with van der Waals surface area (Å²) >= 11 is 0. The fourth-order valence-electron chi connectivity index (χ4n) is 2.91. The van der Waals surface area contributed by atoms with Crippen molar-refractivity contribution in [3.05, 3.63) is 60.2 Å². The number of anilines is 1. The van der Waals surface area contributed by atoms with Crippen LogP contribution in [-0.4, -0.2) is 49.4 Å². The van der Waals surface area contributed by atoms with Crippen LogP contribution in [0, 0.1) is 0 Å². The Morgan fingerprint density at radius 1 is 1.03 bits per heavy atom. The summed E-state index contributed by atoms with van der Waals surface area (Å²) in [7, 11) is 1.65. The van der Waals surface area contributed by atoms with Gasteiger partial charge in [-0.25, -0.2) is 5.10 Å². The molecule has 0 bridgehead atoms. The molecule has 0 amide bonds. The predicted molar refractivity (Wildman–Crippen MR) is 107 cm³/mol. The summed E-state index contributed by atoms with van der Waals surface area (Å²) in [5.41, 5.74) is 3.40. The number of hydrogen-bond acceptors (Lipinski definition) is 8. The number of ether oxygens (including phenoxy) is 1. The van der Waals surface area contributed by atoms with Crippen LogP contribution in [0.25, 0.3) is 22.6 Å². The summed E-state index contributed by atoms with van der Waals surface area (Å²) in [5, 5.41) is 27.0. The van der Waals surface area contributed by atoms with E-state index in [9.17, 15) is 5.11 Å². The smallest absolute Gasteiger partial charge is 0.316 e. The first kappa shape index (κ1) is 18.4. The lowest BCUT2D eigenvalue weighted by Crippen LogP contribution is -2.07. The summed E-state index contributed by atoms with van der Waals surface area (Å²) in [4.78, 5) is 8.21. The van der Waals surface area contributed by atoms with Crippen molar-refractivity contribution in [2.75, 3.05) is 19.0 Å². The third-order valence-electron chi connectivity index (χ3n) is 4.37. The van der Waals surface area contributed by atoms with Crippen molar-refractivity contribution in [1.82, 2.24) is 30.6 Å². The first-order chi connectivity index (χ1) is 14.2. The molecule has 0 aliphatic heterocycles. The van der Waals surface area contributed by atoms with Crippen LogP contribution in [0.5, 0.6) is 11.8 Å². The number of rotatable bonds is 7. The number of H-pyrrole nitrogens is 1. The molecule has 0 unspecified atom stereocenters. The lowest BCUT2D eigenvalue weighted by Gasteiger charge is -2.09. The normalized spacial score (nSPS) is 10.7. The summed E-state index contributed by atoms with van der Waals surface area (Å²) in [6.45, 7) is 0.659. The van der Waals surface area contributed by atoms with E-state index in [1.165, 1.54) is 5.56 Å². The van der Waals surface area contributed by atoms with Crippen molar-refractivity contribution in [2.24, 2.45) is 0 Å². The number of nitrogens with one attached hydrogen (secondary N) is 2. The zero-order valence-corrected chi connectivity index (χ0v) is 15.7. The molecule has 29 heavy (non-hydrogen) atoms. The van der Waals surface area contributed by atoms with Crippen molar-refractivity contribution in [3.63, 3.8) is 0 Å². The zero-order chi connectivity index (χ0) is 20.1. The van der Waals surface area contributed by atoms with Gasteiger partial charge in [-0.3, -0.25) is 0 Å². The number of aromatic hydroxyl groups is 1. The Morgan fingerprint density at radius 3 is 2.62 bits per heavy atom. The van der Waals surface area contributed by atoms with Gasteiger partial charge in [-0.15, -0.1) is 5.10 Å². The predicted octanol–water partition coefficient (Wildman–Crippen LogP) is 2.69. The minimum absolute atomic E-state index is 0.291. The molecule has 9 heteroatoms. The van der Waals surface area contributed by atoms with E-state index in [1.807, 2.05) is 48.5 Å². The minimum atomic E-state index is -0.291. The SMILES string of the molecule is COc1ccc(CCNc2cc(-c3cccc(-c4nnn[nH]4)c3)nc(O)n2)cc1. The molecule has 3 N–H and O–H groups in total. The Balaban J connectivity index is 1.48. The van der Waals surface area contributed by atoms with Crippen LogP contribution in [0.15, 0.2) is 54.6 Å². The van der Waals surface area contributed by atoms with Gasteiger partial charge in [-0.2, -0.15) is 9.97 Å². The molecule has 0 atom stereocenters. The van der Waals surface area contributed by atoms with Gasteiger partial charge in [0.1, 0.15) is 11.6 Å². The number of hydrogen-bond donors (Lipinski definition) is 3. The molecule has 2 aromatic heterocycles. The van der Waals surface area contributed by atoms with Crippen LogP contribution in [0.4, 0.5) is 5.82 Å². The van der Waals surface area contributed by atoms with Gasteiger partial charge < -0.3 is 15.2 Å². The molecule has 0 aliphatic carbocycles. The molecule has 146 valence electrons. The Kier molecular flexibility index (Phi) is 5.28. The Morgan fingerprint density at radius 2 is 1.86 bits per heavy atom. The van der Waals surface area contributed by atoms with Gasteiger partial charge >= 0.3 is 6.01 Å². The number of aromatic nitrogens is 6. The second kappa shape index (κ2) is 8.34. The number of aromatic amines is 1. The number of benzene rings is 2. The molecule has 9 nitrogen and oxygen atoms in total. The fourth-order valence-corrected chi connectivity index (χ4v) is 2.91. The molecule has 0 saturated heterocycles. The molecular weight excluding hydrogens is 370 g/mol. The maximum absolute atomic E-state index is 9.97. The van der Waals surface area contributed by atoms with Gasteiger partial charge in [0.15, 0.2) is 5.82 Å². The van der Waals surface area contributed by atoms with E-state index in [-0.39, 0.29) is 6.01 Å². The quantitative estimate of drug-likeness (QED) is 0.441. The van der Waals surface area contributed by atoms with E-state index >= 15 is 0 Å². The topological polar surface area (TPSA) is 122 Å². The van der Waals surface area contributed by atoms with E-state index in [4.69, 9.17) is 4.74 Å². The highest BCUT2D eigenvalue weighted by atomic mass is 16.5. The molecule has 0 saturated carbocycles. The van der Waals surface area contributed by atoms with E-state index < -0.39 is 0 Å². The second-order valence-corrected chi connectivity index (χ2v) is 6.29. The van der Waals surface area contributed by atoms with Gasteiger partial charge in [0.2, 0.25) is 0 Å². The number of tetrazole rings is 1. The van der Waals surface area contributed by atoms with Crippen LogP contribution in [0.1, 0.15) is 5.56 Å². The molecule has 4 rings (SSSR count). The van der Waals surface area contributed by atoms with E-state index in [2.05, 4.69) is 35.9 Å². The van der Waals surface area contributed by atoms with E-state index in [1.54, 1.807) is 13.2 Å². The summed E-state index contributed by atoms with van der Waals surface area (Å²) in [6.07, 6.45) is 0.804. The zero-order valence-electron chi connectivity index (χ0n) is 15.7. The molecule has 2 heterocycles. The Bertz CT molecular complexity index is 1080. The minimum Gasteiger partial charge on any atom is -0.497 e. The highest BCUT2D eigenvalue weighted by molar-refractivity contribution is 5.69. The maximum Gasteiger partial charge on any atom is 0.316 e. The summed E-state index contributed by atoms with van der Waals surface area (Å²) in [5.74, 6) is 1.94. The Hall–Kier alpha value is -4.01. The van der Waals surface area contributed by atoms with Gasteiger partial charge in [0, 0.05) is 23.7 Å². The second-order valence-electron chi connectivity index (χ2n) is 6.29. The number of methoxy groups -OCH3 is 1. The van der Waals surface area contributed by atoms with Crippen LogP contribution < -0.4 is 10.1 Å². The standard InChI is InChI=1S/C20H19N7O2/c1-29-16-7-5-13(6-8-16)9-10-21-18-12-17(22-20(28)23-18)14-3-2-4-15(11-14)19-24-26-27-25-19/h2-8,11-12H,9-10H2,1H3,(H2,21,22,23,28)(H,24,25,26,27). The third-order valence-corrected chi connectivity index (χ3v) is 4.37. The van der Waals surface area contributed by atoms with Crippen molar-refractivity contribution >= 4 is 5.82 Å². The first-order valence-corrected chi connectivity index (χ1v) is 9.00. The van der Waals surface area contributed by atoms with Gasteiger partial charge in [0.05, 0.1) is 12.8 Å². The summed E-state index contributed by atoms with van der Waals surface area (Å²) < 4.78 is 5.17. The number of nitrogens with zero attached hydrogens (tertiary/aromatic N) is 5. The monoisotopic (exact) mass is 389 g/mol. The van der Waals surface area contributed by atoms with Crippen LogP contribution in [0.3, 0.4) is 0 Å². The molecular formula is C20H19N7O2. The first-order valence-electron chi connectivity index (χ1n) is 9.00. The molecule has 4 aromatic rings. The summed E-state index contributed by atoms with van der Waals surface area (Å²) in [6, 6.07) is 17.0. The van der Waals surface area contributed by atoms with Crippen molar-refractivity contribution < 1.29 is 9.84 Å². The lowest BCUT2D eigenvalue weighted by molar-refractivity contribution is 0.414. The van der Waals surface area contributed by atoms with Crippen LogP contribution in [-0.2, 0) is 6.42 Å². The van der Waals surface area contributed by atoms with Gasteiger partial charge in [-0.05, 0) is 40.6 Å². The van der Waals surface area contributed by atoms with Gasteiger partial charge in [0.25, 0.3) is 0 Å². The van der Waals surface area contributed by atoms with E-state index in [0.29, 0.717) is 23.9 Å². The van der Waals surface area contributed by atoms with Crippen molar-refractivity contribution in [3.8, 4) is 34.4 Å². The molecule has 2 aromatic carbocycles. The van der Waals surface area contributed by atoms with Crippen LogP contribution >= 0.6 is 0 Å². The molecule has 0 fully saturated rings. The van der Waals surface area contributed by atoms with Gasteiger partial charge in [-0.1, -0.05) is 30.3 Å². The van der Waals surface area contributed by atoms with Crippen molar-refractivity contribution in [1.29, 1.82) is 0 Å².